The Labute approximate surface area is 208 Å². The molecule has 0 saturated heterocycles. The van der Waals surface area contributed by atoms with Crippen molar-refractivity contribution in [2.75, 3.05) is 14.2 Å². The lowest BCUT2D eigenvalue weighted by Gasteiger charge is -2.25. The first kappa shape index (κ1) is 24.2. The zero-order chi connectivity index (χ0) is 25.3. The lowest BCUT2D eigenvalue weighted by Crippen LogP contribution is -2.46. The lowest BCUT2D eigenvalue weighted by molar-refractivity contribution is -0.122. The molecule has 0 bridgehead atoms. The highest BCUT2D eigenvalue weighted by molar-refractivity contribution is 7.93. The molecule has 2 saturated carbocycles. The molecule has 5 rings (SSSR count). The first-order valence-electron chi connectivity index (χ1n) is 11.7. The Morgan fingerprint density at radius 1 is 1.23 bits per heavy atom. The molecule has 1 amide bonds. The van der Waals surface area contributed by atoms with Crippen molar-refractivity contribution >= 4 is 32.0 Å². The number of carbonyl (C=O) groups excluding carboxylic acids is 1. The number of benzene rings is 1. The monoisotopic (exact) mass is 518 g/mol. The number of amides is 1. The SMILES string of the molecule is CNC(=O)C(C)(C)S(=O)(=O)c1cc(-c2c(C)nc3sc(C(O)(C4CC4)C4CC4)nn23)ccc1OC. The molecular weight excluding hydrogens is 488 g/mol. The van der Waals surface area contributed by atoms with Gasteiger partial charge in [0.25, 0.3) is 0 Å². The van der Waals surface area contributed by atoms with Crippen LogP contribution in [-0.2, 0) is 20.2 Å². The molecule has 2 aliphatic rings. The topological polar surface area (TPSA) is 123 Å². The van der Waals surface area contributed by atoms with Crippen LogP contribution in [0.25, 0.3) is 16.2 Å². The molecule has 2 aromatic heterocycles. The predicted molar refractivity (Wildman–Crippen MR) is 132 cm³/mol. The zero-order valence-electron chi connectivity index (χ0n) is 20.5. The van der Waals surface area contributed by atoms with Crippen LogP contribution in [0, 0.1) is 18.8 Å². The third kappa shape index (κ3) is 3.58. The van der Waals surface area contributed by atoms with Gasteiger partial charge in [0, 0.05) is 12.6 Å². The summed E-state index contributed by atoms with van der Waals surface area (Å²) in [6, 6.07) is 4.86. The predicted octanol–water partition coefficient (Wildman–Crippen LogP) is 3.08. The quantitative estimate of drug-likeness (QED) is 0.470. The lowest BCUT2D eigenvalue weighted by atomic mass is 9.93. The molecule has 188 valence electrons. The molecule has 2 fully saturated rings. The second-order valence-corrected chi connectivity index (χ2v) is 13.4. The Hall–Kier alpha value is -2.50. The van der Waals surface area contributed by atoms with E-state index in [9.17, 15) is 18.3 Å². The fourth-order valence-corrected chi connectivity index (χ4v) is 7.59. The van der Waals surface area contributed by atoms with Crippen LogP contribution in [-0.4, -0.2) is 52.9 Å². The molecule has 3 aromatic rings. The average Bonchev–Trinajstić information content (AvgIpc) is 3.75. The van der Waals surface area contributed by atoms with E-state index in [1.54, 1.807) is 16.6 Å². The summed E-state index contributed by atoms with van der Waals surface area (Å²) >= 11 is 1.39. The number of fused-ring (bicyclic) bond motifs is 1. The van der Waals surface area contributed by atoms with Gasteiger partial charge in [-0.3, -0.25) is 4.79 Å². The molecule has 2 N–H and O–H groups in total. The van der Waals surface area contributed by atoms with Crippen LogP contribution in [0.1, 0.15) is 50.2 Å². The maximum atomic E-state index is 13.6. The van der Waals surface area contributed by atoms with Gasteiger partial charge in [-0.25, -0.2) is 17.9 Å². The largest absolute Gasteiger partial charge is 0.495 e. The van der Waals surface area contributed by atoms with Crippen molar-refractivity contribution in [2.24, 2.45) is 11.8 Å². The number of carbonyl (C=O) groups is 1. The maximum Gasteiger partial charge on any atom is 0.241 e. The Morgan fingerprint density at radius 3 is 2.40 bits per heavy atom. The van der Waals surface area contributed by atoms with E-state index in [0.717, 1.165) is 25.7 Å². The third-order valence-electron chi connectivity index (χ3n) is 7.29. The van der Waals surface area contributed by atoms with Crippen LogP contribution in [0.4, 0.5) is 0 Å². The van der Waals surface area contributed by atoms with E-state index in [1.807, 2.05) is 6.92 Å². The fourth-order valence-electron chi connectivity index (χ4n) is 4.80. The summed E-state index contributed by atoms with van der Waals surface area (Å²) in [5, 5.41) is 19.5. The minimum Gasteiger partial charge on any atom is -0.495 e. The molecule has 0 atom stereocenters. The normalized spacial score (nSPS) is 17.1. The third-order valence-corrected chi connectivity index (χ3v) is 10.8. The Bertz CT molecular complexity index is 1420. The number of methoxy groups -OCH3 is 1. The number of ether oxygens (including phenoxy) is 1. The smallest absolute Gasteiger partial charge is 0.241 e. The molecule has 1 aromatic carbocycles. The van der Waals surface area contributed by atoms with Crippen LogP contribution in [0.2, 0.25) is 0 Å². The molecule has 2 heterocycles. The summed E-state index contributed by atoms with van der Waals surface area (Å²) in [5.41, 5.74) is 1.01. The Balaban J connectivity index is 1.65. The molecular formula is C24H30N4O5S2. The van der Waals surface area contributed by atoms with Gasteiger partial charge >= 0.3 is 0 Å². The van der Waals surface area contributed by atoms with Gasteiger partial charge in [-0.1, -0.05) is 11.3 Å². The van der Waals surface area contributed by atoms with Crippen LogP contribution in [0.15, 0.2) is 23.1 Å². The van der Waals surface area contributed by atoms with Gasteiger partial charge in [-0.15, -0.1) is 0 Å². The molecule has 9 nitrogen and oxygen atoms in total. The zero-order valence-corrected chi connectivity index (χ0v) is 22.1. The number of sulfone groups is 1. The second kappa shape index (κ2) is 8.01. The number of nitrogens with zero attached hydrogens (tertiary/aromatic N) is 3. The number of imidazole rings is 1. The number of hydrogen-bond donors (Lipinski definition) is 2. The summed E-state index contributed by atoms with van der Waals surface area (Å²) < 4.78 is 32.5. The molecule has 11 heteroatoms. The number of aryl methyl sites for hydroxylation is 1. The van der Waals surface area contributed by atoms with Crippen LogP contribution < -0.4 is 10.1 Å². The number of rotatable bonds is 8. The summed E-state index contributed by atoms with van der Waals surface area (Å²) in [6.45, 7) is 4.59. The molecule has 0 aliphatic heterocycles. The first-order valence-corrected chi connectivity index (χ1v) is 14.0. The van der Waals surface area contributed by atoms with Gasteiger partial charge in [0.15, 0.2) is 9.84 Å². The fraction of sp³-hybridized carbons (Fsp3) is 0.542. The molecule has 0 unspecified atom stereocenters. The highest BCUT2D eigenvalue weighted by Gasteiger charge is 2.56. The minimum atomic E-state index is -4.12. The van der Waals surface area contributed by atoms with Gasteiger partial charge in [-0.2, -0.15) is 5.10 Å². The van der Waals surface area contributed by atoms with Crippen molar-refractivity contribution in [2.45, 2.75) is 61.7 Å². The summed E-state index contributed by atoms with van der Waals surface area (Å²) in [6.07, 6.45) is 4.01. The van der Waals surface area contributed by atoms with E-state index in [0.29, 0.717) is 26.9 Å². The number of aromatic nitrogens is 3. The Morgan fingerprint density at radius 2 is 1.86 bits per heavy atom. The van der Waals surface area contributed by atoms with Crippen molar-refractivity contribution in [1.82, 2.24) is 19.9 Å². The van der Waals surface area contributed by atoms with Crippen molar-refractivity contribution in [1.29, 1.82) is 0 Å². The van der Waals surface area contributed by atoms with E-state index in [4.69, 9.17) is 9.84 Å². The molecule has 0 radical (unpaired) electrons. The first-order chi connectivity index (χ1) is 16.5. The molecule has 2 aliphatic carbocycles. The average molecular weight is 519 g/mol. The van der Waals surface area contributed by atoms with Crippen molar-refractivity contribution in [3.63, 3.8) is 0 Å². The summed E-state index contributed by atoms with van der Waals surface area (Å²) in [4.78, 5) is 17.7. The van der Waals surface area contributed by atoms with Gasteiger partial charge in [-0.05, 0) is 76.5 Å². The number of aliphatic hydroxyl groups is 1. The van der Waals surface area contributed by atoms with Crippen molar-refractivity contribution in [3.8, 4) is 17.0 Å². The molecule has 35 heavy (non-hydrogen) atoms. The minimum absolute atomic E-state index is 0.0802. The number of hydrogen-bond acceptors (Lipinski definition) is 8. The van der Waals surface area contributed by atoms with E-state index >= 15 is 0 Å². The highest BCUT2D eigenvalue weighted by Crippen LogP contribution is 2.58. The van der Waals surface area contributed by atoms with E-state index in [1.165, 1.54) is 45.4 Å². The van der Waals surface area contributed by atoms with Crippen LogP contribution >= 0.6 is 11.3 Å². The standard InChI is InChI=1S/C24H30N4O5S2/c1-13-19(28-22(26-13)34-21(27-28)24(30,15-7-8-15)16-9-10-16)14-6-11-17(33-5)18(12-14)35(31,32)23(2,3)20(29)25-4/h6,11-12,15-16,30H,7-10H2,1-5H3,(H,25,29). The van der Waals surface area contributed by atoms with Crippen molar-refractivity contribution < 1.29 is 23.1 Å². The second-order valence-electron chi connectivity index (χ2n) is 9.98. The van der Waals surface area contributed by atoms with E-state index in [2.05, 4.69) is 10.3 Å². The van der Waals surface area contributed by atoms with Gasteiger partial charge in [0.05, 0.1) is 18.5 Å². The van der Waals surface area contributed by atoms with Gasteiger partial charge < -0.3 is 15.2 Å². The van der Waals surface area contributed by atoms with Gasteiger partial charge in [0.2, 0.25) is 10.9 Å². The molecule has 0 spiro atoms. The van der Waals surface area contributed by atoms with Crippen LogP contribution in [0.3, 0.4) is 0 Å². The summed E-state index contributed by atoms with van der Waals surface area (Å²) in [7, 11) is -1.32. The Kier molecular flexibility index (Phi) is 5.54. The number of nitrogens with one attached hydrogen (secondary N) is 1. The van der Waals surface area contributed by atoms with Gasteiger partial charge in [0.1, 0.15) is 26.0 Å². The van der Waals surface area contributed by atoms with E-state index < -0.39 is 26.1 Å². The highest BCUT2D eigenvalue weighted by atomic mass is 32.2. The van der Waals surface area contributed by atoms with E-state index in [-0.39, 0.29) is 22.5 Å². The summed E-state index contributed by atoms with van der Waals surface area (Å²) in [5.74, 6) is 0.0107. The van der Waals surface area contributed by atoms with Crippen LogP contribution in [0.5, 0.6) is 5.75 Å². The maximum absolute atomic E-state index is 13.6. The van der Waals surface area contributed by atoms with Crippen molar-refractivity contribution in [3.05, 3.63) is 28.9 Å².